The lowest BCUT2D eigenvalue weighted by atomic mass is 9.90. The van der Waals surface area contributed by atoms with Crippen LogP contribution in [0.1, 0.15) is 13.3 Å². The van der Waals surface area contributed by atoms with E-state index >= 15 is 0 Å². The van der Waals surface area contributed by atoms with Crippen LogP contribution in [0.3, 0.4) is 0 Å². The Balaban J connectivity index is 0.00000192. The van der Waals surface area contributed by atoms with Crippen LogP contribution in [0.5, 0.6) is 0 Å². The fourth-order valence-corrected chi connectivity index (χ4v) is 3.05. The normalized spacial score (nSPS) is 20.5. The van der Waals surface area contributed by atoms with Crippen LogP contribution in [0.4, 0.5) is 0 Å². The number of nitrogens with zero attached hydrogens (tertiary/aromatic N) is 2. The number of nitrogens with two attached hydrogens (primary N) is 1. The van der Waals surface area contributed by atoms with E-state index in [1.165, 1.54) is 6.07 Å². The Hall–Kier alpha value is -1.85. The van der Waals surface area contributed by atoms with Gasteiger partial charge in [-0.05, 0) is 30.5 Å². The summed E-state index contributed by atoms with van der Waals surface area (Å²) < 4.78 is 1.84. The molecule has 124 valence electrons. The third-order valence-corrected chi connectivity index (χ3v) is 4.59. The van der Waals surface area contributed by atoms with Crippen molar-refractivity contribution in [2.24, 2.45) is 11.1 Å². The van der Waals surface area contributed by atoms with Crippen molar-refractivity contribution in [2.75, 3.05) is 19.6 Å². The van der Waals surface area contributed by atoms with Crippen molar-refractivity contribution in [2.45, 2.75) is 19.9 Å². The first-order valence-electron chi connectivity index (χ1n) is 7.58. The van der Waals surface area contributed by atoms with Crippen molar-refractivity contribution in [1.29, 1.82) is 0 Å². The van der Waals surface area contributed by atoms with Crippen LogP contribution < -0.4 is 11.2 Å². The summed E-state index contributed by atoms with van der Waals surface area (Å²) in [5, 5.41) is 0.644. The van der Waals surface area contributed by atoms with Crippen LogP contribution in [0.25, 0.3) is 10.9 Å². The molecule has 1 aliphatic heterocycles. The highest BCUT2D eigenvalue weighted by Gasteiger charge is 2.34. The van der Waals surface area contributed by atoms with Crippen LogP contribution in [0, 0.1) is 5.41 Å². The second kappa shape index (κ2) is 6.72. The highest BCUT2D eigenvalue weighted by Crippen LogP contribution is 2.28. The summed E-state index contributed by atoms with van der Waals surface area (Å²) >= 11 is 0. The van der Waals surface area contributed by atoms with Gasteiger partial charge in [0, 0.05) is 30.7 Å². The van der Waals surface area contributed by atoms with E-state index in [2.05, 4.69) is 6.92 Å². The molecule has 0 spiro atoms. The molecule has 2 heterocycles. The number of carbonyl (C=O) groups is 1. The minimum atomic E-state index is -0.0174. The number of carbonyl (C=O) groups excluding carboxylic acids is 1. The summed E-state index contributed by atoms with van der Waals surface area (Å²) in [6.45, 7) is 4.43. The van der Waals surface area contributed by atoms with Gasteiger partial charge in [-0.25, -0.2) is 0 Å². The molecule has 0 radical (unpaired) electrons. The van der Waals surface area contributed by atoms with Gasteiger partial charge in [-0.3, -0.25) is 9.59 Å². The van der Waals surface area contributed by atoms with E-state index < -0.39 is 0 Å². The SMILES string of the molecule is CC1(CN)CCN(C(=O)Cn2ccc(=O)c3ccccc32)C1.Cl. The molecule has 2 aromatic rings. The maximum Gasteiger partial charge on any atom is 0.242 e. The number of aromatic nitrogens is 1. The average molecular weight is 336 g/mol. The molecule has 5 nitrogen and oxygen atoms in total. The zero-order valence-electron chi connectivity index (χ0n) is 13.2. The first-order chi connectivity index (χ1) is 10.5. The lowest BCUT2D eigenvalue weighted by Gasteiger charge is -2.23. The van der Waals surface area contributed by atoms with Crippen molar-refractivity contribution < 1.29 is 4.79 Å². The molecule has 1 amide bonds. The van der Waals surface area contributed by atoms with Gasteiger partial charge >= 0.3 is 0 Å². The van der Waals surface area contributed by atoms with E-state index in [9.17, 15) is 9.59 Å². The number of amides is 1. The second-order valence-corrected chi connectivity index (χ2v) is 6.41. The number of likely N-dealkylation sites (tertiary alicyclic amines) is 1. The predicted molar refractivity (Wildman–Crippen MR) is 93.8 cm³/mol. The molecule has 0 saturated carbocycles. The number of pyridine rings is 1. The van der Waals surface area contributed by atoms with Crippen LogP contribution >= 0.6 is 12.4 Å². The molecule has 1 saturated heterocycles. The van der Waals surface area contributed by atoms with Gasteiger partial charge in [0.2, 0.25) is 5.91 Å². The molecule has 1 aliphatic rings. The molecular weight excluding hydrogens is 314 g/mol. The van der Waals surface area contributed by atoms with Gasteiger partial charge < -0.3 is 15.2 Å². The van der Waals surface area contributed by atoms with Gasteiger partial charge in [0.15, 0.2) is 5.43 Å². The lowest BCUT2D eigenvalue weighted by molar-refractivity contribution is -0.131. The predicted octanol–water partition coefficient (Wildman–Crippen LogP) is 1.62. The molecule has 1 aromatic carbocycles. The standard InChI is InChI=1S/C17H21N3O2.ClH/c1-17(11-18)7-9-20(12-17)16(22)10-19-8-6-15(21)13-4-2-3-5-14(13)19;/h2-6,8H,7,9-12,18H2,1H3;1H. The van der Waals surface area contributed by atoms with Gasteiger partial charge in [-0.1, -0.05) is 19.1 Å². The summed E-state index contributed by atoms with van der Waals surface area (Å²) in [5.41, 5.74) is 6.60. The number of rotatable bonds is 3. The number of hydrogen-bond donors (Lipinski definition) is 1. The Morgan fingerprint density at radius 3 is 2.74 bits per heavy atom. The van der Waals surface area contributed by atoms with Gasteiger partial charge in [-0.2, -0.15) is 0 Å². The zero-order valence-corrected chi connectivity index (χ0v) is 14.0. The number of halogens is 1. The molecule has 3 rings (SSSR count). The highest BCUT2D eigenvalue weighted by atomic mass is 35.5. The van der Waals surface area contributed by atoms with Crippen molar-refractivity contribution in [3.05, 3.63) is 46.8 Å². The zero-order chi connectivity index (χ0) is 15.7. The summed E-state index contributed by atoms with van der Waals surface area (Å²) in [6.07, 6.45) is 2.64. The van der Waals surface area contributed by atoms with E-state index in [1.807, 2.05) is 27.7 Å². The van der Waals surface area contributed by atoms with E-state index in [0.29, 0.717) is 18.5 Å². The Kier molecular flexibility index (Phi) is 5.12. The quantitative estimate of drug-likeness (QED) is 0.926. The van der Waals surface area contributed by atoms with Crippen LogP contribution in [0.2, 0.25) is 0 Å². The first kappa shape index (κ1) is 17.5. The molecule has 1 fully saturated rings. The molecule has 6 heteroatoms. The smallest absolute Gasteiger partial charge is 0.242 e. The van der Waals surface area contributed by atoms with E-state index in [1.54, 1.807) is 12.3 Å². The van der Waals surface area contributed by atoms with Gasteiger partial charge in [-0.15, -0.1) is 12.4 Å². The summed E-state index contributed by atoms with van der Waals surface area (Å²) in [4.78, 5) is 26.3. The average Bonchev–Trinajstić information content (AvgIpc) is 2.94. The monoisotopic (exact) mass is 335 g/mol. The van der Waals surface area contributed by atoms with E-state index in [0.717, 1.165) is 18.5 Å². The van der Waals surface area contributed by atoms with E-state index in [4.69, 9.17) is 5.73 Å². The van der Waals surface area contributed by atoms with Crippen molar-refractivity contribution >= 4 is 29.2 Å². The largest absolute Gasteiger partial charge is 0.341 e. The number of benzene rings is 1. The first-order valence-corrected chi connectivity index (χ1v) is 7.58. The number of hydrogen-bond acceptors (Lipinski definition) is 3. The summed E-state index contributed by atoms with van der Waals surface area (Å²) in [5.74, 6) is 0.0750. The molecule has 1 atom stereocenters. The summed E-state index contributed by atoms with van der Waals surface area (Å²) in [7, 11) is 0. The fourth-order valence-electron chi connectivity index (χ4n) is 3.05. The highest BCUT2D eigenvalue weighted by molar-refractivity contribution is 5.85. The number of fused-ring (bicyclic) bond motifs is 1. The topological polar surface area (TPSA) is 68.3 Å². The minimum absolute atomic E-state index is 0. The third kappa shape index (κ3) is 3.41. The Bertz CT molecular complexity index is 774. The van der Waals surface area contributed by atoms with Crippen LogP contribution in [-0.4, -0.2) is 35.0 Å². The van der Waals surface area contributed by atoms with Crippen molar-refractivity contribution in [3.63, 3.8) is 0 Å². The fraction of sp³-hybridized carbons (Fsp3) is 0.412. The van der Waals surface area contributed by atoms with Crippen molar-refractivity contribution in [1.82, 2.24) is 9.47 Å². The second-order valence-electron chi connectivity index (χ2n) is 6.41. The van der Waals surface area contributed by atoms with Crippen molar-refractivity contribution in [3.8, 4) is 0 Å². The van der Waals surface area contributed by atoms with Crippen LogP contribution in [0.15, 0.2) is 41.3 Å². The maximum absolute atomic E-state index is 12.5. The molecule has 1 unspecified atom stereocenters. The number of para-hydroxylation sites is 1. The van der Waals surface area contributed by atoms with Gasteiger partial charge in [0.1, 0.15) is 6.54 Å². The maximum atomic E-state index is 12.5. The Labute approximate surface area is 141 Å². The molecule has 2 N–H and O–H groups in total. The van der Waals surface area contributed by atoms with Gasteiger partial charge in [0.05, 0.1) is 5.52 Å². The van der Waals surface area contributed by atoms with Crippen LogP contribution in [-0.2, 0) is 11.3 Å². The van der Waals surface area contributed by atoms with Gasteiger partial charge in [0.25, 0.3) is 0 Å². The molecule has 0 aliphatic carbocycles. The Morgan fingerprint density at radius 1 is 1.30 bits per heavy atom. The molecular formula is C17H22ClN3O2. The van der Waals surface area contributed by atoms with E-state index in [-0.39, 0.29) is 35.7 Å². The third-order valence-electron chi connectivity index (χ3n) is 4.59. The Morgan fingerprint density at radius 2 is 2.04 bits per heavy atom. The summed E-state index contributed by atoms with van der Waals surface area (Å²) in [6, 6.07) is 8.90. The molecule has 0 bridgehead atoms. The lowest BCUT2D eigenvalue weighted by Crippen LogP contribution is -2.36. The molecule has 1 aromatic heterocycles. The minimum Gasteiger partial charge on any atom is -0.341 e. The molecule has 23 heavy (non-hydrogen) atoms.